The molecular formula is C32H37N3O6. The number of ether oxygens (including phenoxy) is 3. The van der Waals surface area contributed by atoms with Crippen LogP contribution in [0.3, 0.4) is 0 Å². The molecule has 41 heavy (non-hydrogen) atoms. The third-order valence-corrected chi connectivity index (χ3v) is 9.83. The summed E-state index contributed by atoms with van der Waals surface area (Å²) in [5.74, 6) is 1.97. The zero-order chi connectivity index (χ0) is 28.7. The van der Waals surface area contributed by atoms with Gasteiger partial charge in [0.05, 0.1) is 29.0 Å². The molecule has 1 aromatic carbocycles. The van der Waals surface area contributed by atoms with Crippen LogP contribution < -0.4 is 20.3 Å². The van der Waals surface area contributed by atoms with Crippen LogP contribution in [0.2, 0.25) is 0 Å². The van der Waals surface area contributed by atoms with Gasteiger partial charge in [0.25, 0.3) is 5.56 Å². The number of carbonyl (C=O) groups is 1. The minimum Gasteiger partial charge on any atom is -0.458 e. The van der Waals surface area contributed by atoms with Crippen molar-refractivity contribution < 1.29 is 24.1 Å². The van der Waals surface area contributed by atoms with E-state index in [0.29, 0.717) is 58.4 Å². The van der Waals surface area contributed by atoms with Crippen LogP contribution in [0.1, 0.15) is 75.6 Å². The van der Waals surface area contributed by atoms with Crippen molar-refractivity contribution in [2.75, 3.05) is 13.3 Å². The minimum absolute atomic E-state index is 0.106. The molecule has 0 bridgehead atoms. The Balaban J connectivity index is 1.33. The largest absolute Gasteiger partial charge is 0.458 e. The molecule has 1 saturated carbocycles. The number of hydrogen-bond donors (Lipinski definition) is 2. The lowest BCUT2D eigenvalue weighted by Gasteiger charge is -2.31. The maximum Gasteiger partial charge on any atom is 0.343 e. The highest BCUT2D eigenvalue weighted by Crippen LogP contribution is 2.56. The molecule has 1 fully saturated rings. The average Bonchev–Trinajstić information content (AvgIpc) is 3.25. The van der Waals surface area contributed by atoms with Gasteiger partial charge in [0, 0.05) is 29.1 Å². The molecule has 5 heterocycles. The monoisotopic (exact) mass is 559 g/mol. The first-order valence-corrected chi connectivity index (χ1v) is 14.8. The van der Waals surface area contributed by atoms with E-state index in [1.165, 1.54) is 12.8 Å². The summed E-state index contributed by atoms with van der Waals surface area (Å²) in [6.45, 7) is 10.6. The van der Waals surface area contributed by atoms with Crippen LogP contribution in [0.4, 0.5) is 0 Å². The molecule has 2 N–H and O–H groups in total. The smallest absolute Gasteiger partial charge is 0.343 e. The van der Waals surface area contributed by atoms with Crippen LogP contribution in [0.25, 0.3) is 22.3 Å². The average molecular weight is 560 g/mol. The van der Waals surface area contributed by atoms with Gasteiger partial charge in [0.15, 0.2) is 17.1 Å². The Morgan fingerprint density at radius 1 is 1.12 bits per heavy atom. The first-order valence-electron chi connectivity index (χ1n) is 14.8. The number of esters is 1. The summed E-state index contributed by atoms with van der Waals surface area (Å²) in [6.07, 6.45) is 3.74. The Bertz CT molecular complexity index is 1660. The Hall–Kier alpha value is -3.43. The third-order valence-electron chi connectivity index (χ3n) is 9.83. The van der Waals surface area contributed by atoms with E-state index in [1.54, 1.807) is 17.6 Å². The second kappa shape index (κ2) is 9.29. The van der Waals surface area contributed by atoms with Gasteiger partial charge in [-0.3, -0.25) is 4.79 Å². The van der Waals surface area contributed by atoms with Crippen molar-refractivity contribution in [1.82, 2.24) is 14.9 Å². The van der Waals surface area contributed by atoms with Gasteiger partial charge in [0.2, 0.25) is 6.79 Å². The number of cyclic esters (lactones) is 1. The molecular weight excluding hydrogens is 522 g/mol. The summed E-state index contributed by atoms with van der Waals surface area (Å²) in [5.41, 5.74) is 3.04. The van der Waals surface area contributed by atoms with Gasteiger partial charge in [-0.15, -0.1) is 0 Å². The molecule has 0 spiro atoms. The molecule has 3 aliphatic heterocycles. The Morgan fingerprint density at radius 2 is 1.88 bits per heavy atom. The van der Waals surface area contributed by atoms with E-state index in [-0.39, 0.29) is 25.4 Å². The normalized spacial score (nSPS) is 23.6. The predicted molar refractivity (Wildman–Crippen MR) is 153 cm³/mol. The van der Waals surface area contributed by atoms with Crippen LogP contribution in [-0.4, -0.2) is 34.0 Å². The van der Waals surface area contributed by atoms with Gasteiger partial charge in [-0.1, -0.05) is 34.1 Å². The van der Waals surface area contributed by atoms with E-state index in [1.807, 2.05) is 12.1 Å². The molecule has 9 nitrogen and oxygen atoms in total. The maximum atomic E-state index is 13.7. The van der Waals surface area contributed by atoms with E-state index in [4.69, 9.17) is 19.2 Å². The molecule has 2 aromatic heterocycles. The second-order valence-electron chi connectivity index (χ2n) is 12.7. The van der Waals surface area contributed by atoms with E-state index in [2.05, 4.69) is 26.1 Å². The van der Waals surface area contributed by atoms with Crippen LogP contribution >= 0.6 is 0 Å². The lowest BCUT2D eigenvalue weighted by molar-refractivity contribution is -0.172. The molecule has 3 atom stereocenters. The van der Waals surface area contributed by atoms with Crippen LogP contribution in [0, 0.1) is 17.3 Å². The van der Waals surface area contributed by atoms with E-state index in [0.717, 1.165) is 40.9 Å². The first kappa shape index (κ1) is 26.5. The molecule has 4 aliphatic rings. The third kappa shape index (κ3) is 4.00. The molecule has 216 valence electrons. The quantitative estimate of drug-likeness (QED) is 0.306. The van der Waals surface area contributed by atoms with Crippen molar-refractivity contribution in [3.05, 3.63) is 50.8 Å². The predicted octanol–water partition coefficient (Wildman–Crippen LogP) is 4.36. The van der Waals surface area contributed by atoms with Crippen molar-refractivity contribution >= 4 is 16.9 Å². The SMILES string of the molecule is CCCC(CNCc1c2c(nc3cc4c(cc13)OCO4)-c1cc3c(c(=O)n1C2)COC(=O)[C@]3(O)CC)C1CC1(C)C. The van der Waals surface area contributed by atoms with E-state index < -0.39 is 11.6 Å². The summed E-state index contributed by atoms with van der Waals surface area (Å²) < 4.78 is 18.3. The standard InChI is InChI=1S/C32H37N3O6/c1-5-7-17(23-11-31(23,3)4)12-33-13-19-18-8-26-27(41-16-40-26)10-24(18)34-28-20(19)14-35-25(28)9-22-21(29(35)36)15-39-30(37)32(22,38)6-2/h8-10,17,23,33,38H,5-7,11-16H2,1-4H3/t17?,23?,32-/m0/s1. The summed E-state index contributed by atoms with van der Waals surface area (Å²) in [6, 6.07) is 5.66. The van der Waals surface area contributed by atoms with Gasteiger partial charge in [0.1, 0.15) is 6.61 Å². The highest BCUT2D eigenvalue weighted by Gasteiger charge is 2.49. The molecule has 0 radical (unpaired) electrons. The number of pyridine rings is 2. The molecule has 7 rings (SSSR count). The fraction of sp³-hybridized carbons (Fsp3) is 0.531. The summed E-state index contributed by atoms with van der Waals surface area (Å²) in [4.78, 5) is 31.4. The van der Waals surface area contributed by atoms with Crippen LogP contribution in [0.15, 0.2) is 23.0 Å². The molecule has 3 aromatic rings. The molecule has 9 heteroatoms. The van der Waals surface area contributed by atoms with E-state index in [9.17, 15) is 14.7 Å². The van der Waals surface area contributed by atoms with Crippen molar-refractivity contribution in [3.8, 4) is 22.9 Å². The first-order chi connectivity index (χ1) is 19.7. The summed E-state index contributed by atoms with van der Waals surface area (Å²) in [7, 11) is 0. The number of nitrogens with zero attached hydrogens (tertiary/aromatic N) is 2. The van der Waals surface area contributed by atoms with Crippen molar-refractivity contribution in [2.24, 2.45) is 17.3 Å². The Morgan fingerprint density at radius 3 is 2.59 bits per heavy atom. The molecule has 1 aliphatic carbocycles. The molecule has 0 amide bonds. The number of rotatable bonds is 8. The van der Waals surface area contributed by atoms with Crippen molar-refractivity contribution in [2.45, 2.75) is 78.7 Å². The van der Waals surface area contributed by atoms with E-state index >= 15 is 0 Å². The van der Waals surface area contributed by atoms with Crippen molar-refractivity contribution in [3.63, 3.8) is 0 Å². The van der Waals surface area contributed by atoms with Crippen molar-refractivity contribution in [1.29, 1.82) is 0 Å². The Labute approximate surface area is 238 Å². The number of aliphatic hydroxyl groups is 1. The van der Waals surface area contributed by atoms with Gasteiger partial charge >= 0.3 is 5.97 Å². The number of hydrogen-bond acceptors (Lipinski definition) is 8. The number of carbonyl (C=O) groups excluding carboxylic acids is 1. The zero-order valence-electron chi connectivity index (χ0n) is 24.1. The number of fused-ring (bicyclic) bond motifs is 6. The highest BCUT2D eigenvalue weighted by atomic mass is 16.7. The number of benzene rings is 1. The number of aromatic nitrogens is 2. The molecule has 2 unspecified atom stereocenters. The summed E-state index contributed by atoms with van der Waals surface area (Å²) >= 11 is 0. The van der Waals surface area contributed by atoms with Gasteiger partial charge in [-0.2, -0.15) is 0 Å². The lowest BCUT2D eigenvalue weighted by Crippen LogP contribution is -2.44. The summed E-state index contributed by atoms with van der Waals surface area (Å²) in [5, 5.41) is 16.0. The van der Waals surface area contributed by atoms with Crippen LogP contribution in [-0.2, 0) is 34.8 Å². The molecule has 0 saturated heterocycles. The van der Waals surface area contributed by atoms with Gasteiger partial charge < -0.3 is 29.2 Å². The second-order valence-corrected chi connectivity index (χ2v) is 12.7. The number of nitrogens with one attached hydrogen (secondary N) is 1. The Kier molecular flexibility index (Phi) is 6.00. The zero-order valence-corrected chi connectivity index (χ0v) is 24.1. The fourth-order valence-corrected chi connectivity index (χ4v) is 7.27. The fourth-order valence-electron chi connectivity index (χ4n) is 7.27. The highest BCUT2D eigenvalue weighted by molar-refractivity contribution is 5.91. The van der Waals surface area contributed by atoms with Gasteiger partial charge in [-0.05, 0) is 60.8 Å². The maximum absolute atomic E-state index is 13.7. The van der Waals surface area contributed by atoms with Gasteiger partial charge in [-0.25, -0.2) is 9.78 Å². The minimum atomic E-state index is -1.86. The lowest BCUT2D eigenvalue weighted by atomic mass is 9.86. The van der Waals surface area contributed by atoms with Crippen LogP contribution in [0.5, 0.6) is 11.5 Å². The topological polar surface area (TPSA) is 112 Å².